The first kappa shape index (κ1) is 21.4. The van der Waals surface area contributed by atoms with Crippen molar-refractivity contribution < 1.29 is 9.72 Å². The summed E-state index contributed by atoms with van der Waals surface area (Å²) in [4.78, 5) is 28.9. The number of rotatable bonds is 6. The molecule has 1 fully saturated rings. The molecular weight excluding hydrogens is 415 g/mol. The fourth-order valence-corrected chi connectivity index (χ4v) is 3.58. The number of carbonyl (C=O) groups excluding carboxylic acids is 1. The zero-order chi connectivity index (χ0) is 21.0. The molecule has 1 aliphatic rings. The topological polar surface area (TPSA) is 69.9 Å². The molecule has 7 nitrogen and oxygen atoms in total. The third-order valence-corrected chi connectivity index (χ3v) is 5.73. The quantitative estimate of drug-likeness (QED) is 0.510. The molecule has 2 aromatic carbocycles. The van der Waals surface area contributed by atoms with E-state index in [0.717, 1.165) is 37.4 Å². The molecule has 0 saturated carbocycles. The van der Waals surface area contributed by atoms with E-state index in [1.807, 2.05) is 6.07 Å². The summed E-state index contributed by atoms with van der Waals surface area (Å²) < 4.78 is 0. The Hall–Kier alpha value is -2.35. The summed E-state index contributed by atoms with van der Waals surface area (Å²) >= 11 is 12.0. The molecule has 154 valence electrons. The molecule has 0 N–H and O–H groups in total. The van der Waals surface area contributed by atoms with Gasteiger partial charge in [0.15, 0.2) is 0 Å². The maximum atomic E-state index is 12.6. The highest BCUT2D eigenvalue weighted by molar-refractivity contribution is 6.42. The first-order valence-corrected chi connectivity index (χ1v) is 9.99. The van der Waals surface area contributed by atoms with Gasteiger partial charge in [0.25, 0.3) is 5.69 Å². The number of nitro groups is 1. The molecule has 0 aliphatic carbocycles. The molecule has 1 amide bonds. The van der Waals surface area contributed by atoms with Crippen LogP contribution in [0.4, 0.5) is 11.4 Å². The van der Waals surface area contributed by atoms with E-state index in [4.69, 9.17) is 23.2 Å². The van der Waals surface area contributed by atoms with E-state index in [9.17, 15) is 14.9 Å². The number of anilines is 1. The highest BCUT2D eigenvalue weighted by Crippen LogP contribution is 2.23. The Kier molecular flexibility index (Phi) is 6.95. The smallest absolute Gasteiger partial charge is 0.269 e. The lowest BCUT2D eigenvalue weighted by Crippen LogP contribution is -2.49. The van der Waals surface area contributed by atoms with E-state index in [-0.39, 0.29) is 11.6 Å². The van der Waals surface area contributed by atoms with E-state index < -0.39 is 4.92 Å². The maximum absolute atomic E-state index is 12.6. The van der Waals surface area contributed by atoms with Gasteiger partial charge in [-0.05, 0) is 29.8 Å². The van der Waals surface area contributed by atoms with Gasteiger partial charge in [-0.1, -0.05) is 29.3 Å². The summed E-state index contributed by atoms with van der Waals surface area (Å²) in [5, 5.41) is 11.7. The number of non-ortho nitro benzene ring substituents is 1. The van der Waals surface area contributed by atoms with Crippen molar-refractivity contribution >= 4 is 40.5 Å². The van der Waals surface area contributed by atoms with Gasteiger partial charge in [-0.2, -0.15) is 0 Å². The number of carbonyl (C=O) groups is 1. The van der Waals surface area contributed by atoms with Crippen LogP contribution in [-0.2, 0) is 11.3 Å². The molecule has 0 aromatic heterocycles. The zero-order valence-corrected chi connectivity index (χ0v) is 17.6. The minimum absolute atomic E-state index is 0.0415. The van der Waals surface area contributed by atoms with Crippen LogP contribution in [0.25, 0.3) is 0 Å². The number of halogens is 2. The van der Waals surface area contributed by atoms with Crippen LogP contribution in [-0.4, -0.2) is 60.4 Å². The van der Waals surface area contributed by atoms with Gasteiger partial charge in [-0.25, -0.2) is 0 Å². The van der Waals surface area contributed by atoms with Crippen LogP contribution >= 0.6 is 23.2 Å². The van der Waals surface area contributed by atoms with Gasteiger partial charge in [0.2, 0.25) is 5.91 Å². The summed E-state index contributed by atoms with van der Waals surface area (Å²) in [6.45, 7) is 3.86. The fourth-order valence-electron chi connectivity index (χ4n) is 3.26. The molecule has 0 bridgehead atoms. The Morgan fingerprint density at radius 1 is 1.07 bits per heavy atom. The van der Waals surface area contributed by atoms with E-state index in [1.165, 1.54) is 12.1 Å². The van der Waals surface area contributed by atoms with Gasteiger partial charge >= 0.3 is 0 Å². The number of piperazine rings is 1. The molecule has 0 atom stereocenters. The molecule has 2 aromatic rings. The summed E-state index contributed by atoms with van der Waals surface area (Å²) in [5.41, 5.74) is 1.97. The van der Waals surface area contributed by atoms with Crippen molar-refractivity contribution in [3.63, 3.8) is 0 Å². The minimum Gasteiger partial charge on any atom is -0.369 e. The number of benzene rings is 2. The monoisotopic (exact) mass is 436 g/mol. The lowest BCUT2D eigenvalue weighted by Gasteiger charge is -2.36. The van der Waals surface area contributed by atoms with Gasteiger partial charge in [-0.15, -0.1) is 0 Å². The summed E-state index contributed by atoms with van der Waals surface area (Å²) in [6.07, 6.45) is 0. The highest BCUT2D eigenvalue weighted by Gasteiger charge is 2.21. The number of likely N-dealkylation sites (N-methyl/N-ethyl adjacent to an activating group) is 1. The van der Waals surface area contributed by atoms with Gasteiger partial charge in [-0.3, -0.25) is 19.8 Å². The third-order valence-electron chi connectivity index (χ3n) is 4.99. The normalized spacial score (nSPS) is 14.7. The predicted molar refractivity (Wildman–Crippen MR) is 115 cm³/mol. The van der Waals surface area contributed by atoms with Crippen molar-refractivity contribution in [1.82, 2.24) is 9.80 Å². The fraction of sp³-hybridized carbons (Fsp3) is 0.350. The lowest BCUT2D eigenvalue weighted by atomic mass is 10.2. The van der Waals surface area contributed by atoms with Crippen molar-refractivity contribution in [3.8, 4) is 0 Å². The molecule has 1 aliphatic heterocycles. The van der Waals surface area contributed by atoms with Crippen molar-refractivity contribution in [2.75, 3.05) is 44.7 Å². The first-order valence-electron chi connectivity index (χ1n) is 9.23. The van der Waals surface area contributed by atoms with Gasteiger partial charge in [0.1, 0.15) is 0 Å². The second-order valence-electron chi connectivity index (χ2n) is 7.03. The van der Waals surface area contributed by atoms with Gasteiger partial charge in [0.05, 0.1) is 21.5 Å². The molecule has 3 rings (SSSR count). The first-order chi connectivity index (χ1) is 13.8. The number of hydrogen-bond acceptors (Lipinski definition) is 5. The predicted octanol–water partition coefficient (Wildman–Crippen LogP) is 3.68. The van der Waals surface area contributed by atoms with Crippen LogP contribution in [0.15, 0.2) is 42.5 Å². The molecular formula is C20H22Cl2N4O3. The standard InChI is InChI=1S/C20H22Cl2N4O3/c1-23(13-15-2-7-18(21)19(22)12-15)20(27)14-24-8-10-25(11-9-24)16-3-5-17(6-4-16)26(28)29/h2-7,12H,8-11,13-14H2,1H3. The van der Waals surface area contributed by atoms with Crippen LogP contribution in [0, 0.1) is 10.1 Å². The average Bonchev–Trinajstić information content (AvgIpc) is 2.71. The number of nitro benzene ring substituents is 1. The summed E-state index contributed by atoms with van der Waals surface area (Å²) in [7, 11) is 1.78. The molecule has 29 heavy (non-hydrogen) atoms. The third kappa shape index (κ3) is 5.59. The van der Waals surface area contributed by atoms with Crippen molar-refractivity contribution in [3.05, 3.63) is 68.2 Å². The second kappa shape index (κ2) is 9.43. The Bertz CT molecular complexity index is 884. The molecule has 0 spiro atoms. The van der Waals surface area contributed by atoms with Crippen LogP contribution in [0.1, 0.15) is 5.56 Å². The van der Waals surface area contributed by atoms with E-state index >= 15 is 0 Å². The Morgan fingerprint density at radius 3 is 2.31 bits per heavy atom. The van der Waals surface area contributed by atoms with E-state index in [0.29, 0.717) is 23.1 Å². The number of amides is 1. The van der Waals surface area contributed by atoms with E-state index in [1.54, 1.807) is 36.2 Å². The Morgan fingerprint density at radius 2 is 1.72 bits per heavy atom. The Labute approximate surface area is 179 Å². The SMILES string of the molecule is CN(Cc1ccc(Cl)c(Cl)c1)C(=O)CN1CCN(c2ccc([N+](=O)[O-])cc2)CC1. The average molecular weight is 437 g/mol. The second-order valence-corrected chi connectivity index (χ2v) is 7.85. The molecule has 0 unspecified atom stereocenters. The number of hydrogen-bond donors (Lipinski definition) is 0. The molecule has 1 saturated heterocycles. The largest absolute Gasteiger partial charge is 0.369 e. The molecule has 0 radical (unpaired) electrons. The summed E-state index contributed by atoms with van der Waals surface area (Å²) in [5.74, 6) is 0.0415. The Balaban J connectivity index is 1.48. The molecule has 1 heterocycles. The summed E-state index contributed by atoms with van der Waals surface area (Å²) in [6, 6.07) is 11.9. The van der Waals surface area contributed by atoms with Crippen LogP contribution < -0.4 is 4.90 Å². The highest BCUT2D eigenvalue weighted by atomic mass is 35.5. The van der Waals surface area contributed by atoms with E-state index in [2.05, 4.69) is 9.80 Å². The number of nitrogens with zero attached hydrogens (tertiary/aromatic N) is 4. The zero-order valence-electron chi connectivity index (χ0n) is 16.1. The maximum Gasteiger partial charge on any atom is 0.269 e. The van der Waals surface area contributed by atoms with Crippen molar-refractivity contribution in [2.45, 2.75) is 6.54 Å². The molecule has 9 heteroatoms. The van der Waals surface area contributed by atoms with Crippen LogP contribution in [0.2, 0.25) is 10.0 Å². The van der Waals surface area contributed by atoms with Crippen molar-refractivity contribution in [1.29, 1.82) is 0 Å². The minimum atomic E-state index is -0.401. The van der Waals surface area contributed by atoms with Gasteiger partial charge < -0.3 is 9.80 Å². The van der Waals surface area contributed by atoms with Crippen LogP contribution in [0.3, 0.4) is 0 Å². The van der Waals surface area contributed by atoms with Crippen LogP contribution in [0.5, 0.6) is 0 Å². The van der Waals surface area contributed by atoms with Gasteiger partial charge in [0, 0.05) is 57.6 Å². The lowest BCUT2D eigenvalue weighted by molar-refractivity contribution is -0.384. The van der Waals surface area contributed by atoms with Crippen molar-refractivity contribution in [2.24, 2.45) is 0 Å².